The zero-order valence-electron chi connectivity index (χ0n) is 10.1. The third kappa shape index (κ3) is 2.82. The Morgan fingerprint density at radius 2 is 2.41 bits per heavy atom. The Hall–Kier alpha value is -1.42. The molecule has 4 nitrogen and oxygen atoms in total. The van der Waals surface area contributed by atoms with E-state index in [9.17, 15) is 4.79 Å². The van der Waals surface area contributed by atoms with E-state index in [-0.39, 0.29) is 11.8 Å². The van der Waals surface area contributed by atoms with Crippen LogP contribution in [0.15, 0.2) is 18.3 Å². The molecular formula is C13H19N3O. The van der Waals surface area contributed by atoms with Crippen molar-refractivity contribution in [2.75, 3.05) is 11.9 Å². The predicted octanol–water partition coefficient (Wildman–Crippen LogP) is 1.70. The summed E-state index contributed by atoms with van der Waals surface area (Å²) < 4.78 is 0. The van der Waals surface area contributed by atoms with Crippen molar-refractivity contribution >= 4 is 11.6 Å². The fraction of sp³-hybridized carbons (Fsp3) is 0.538. The number of nitrogens with zero attached hydrogens (tertiary/aromatic N) is 1. The number of hydrogen-bond donors (Lipinski definition) is 2. The zero-order chi connectivity index (χ0) is 12.3. The molecule has 1 aromatic heterocycles. The van der Waals surface area contributed by atoms with Crippen LogP contribution in [0.25, 0.3) is 0 Å². The maximum absolute atomic E-state index is 12.1. The molecule has 0 spiro atoms. The number of nitrogens with one attached hydrogen (secondary N) is 1. The van der Waals surface area contributed by atoms with Gasteiger partial charge in [0.05, 0.1) is 0 Å². The number of aromatic nitrogens is 1. The molecule has 0 radical (unpaired) electrons. The third-order valence-corrected chi connectivity index (χ3v) is 3.46. The van der Waals surface area contributed by atoms with Crippen LogP contribution in [0.5, 0.6) is 0 Å². The lowest BCUT2D eigenvalue weighted by Crippen LogP contribution is -2.29. The molecule has 1 aliphatic rings. The van der Waals surface area contributed by atoms with Crippen LogP contribution in [0.4, 0.5) is 5.69 Å². The lowest BCUT2D eigenvalue weighted by Gasteiger charge is -2.17. The Balaban J connectivity index is 2.01. The maximum atomic E-state index is 12.1. The minimum Gasteiger partial charge on any atom is -0.330 e. The van der Waals surface area contributed by atoms with E-state index < -0.39 is 0 Å². The fourth-order valence-electron chi connectivity index (χ4n) is 2.52. The first-order valence-electron chi connectivity index (χ1n) is 6.14. The summed E-state index contributed by atoms with van der Waals surface area (Å²) in [6.07, 6.45) is 4.84. The Morgan fingerprint density at radius 1 is 1.59 bits per heavy atom. The number of pyridine rings is 1. The van der Waals surface area contributed by atoms with Crippen LogP contribution < -0.4 is 11.1 Å². The van der Waals surface area contributed by atoms with Crippen LogP contribution in [-0.2, 0) is 4.79 Å². The molecule has 1 heterocycles. The Morgan fingerprint density at radius 3 is 3.12 bits per heavy atom. The summed E-state index contributed by atoms with van der Waals surface area (Å²) in [5.74, 6) is 0.523. The van der Waals surface area contributed by atoms with Crippen molar-refractivity contribution < 1.29 is 4.79 Å². The van der Waals surface area contributed by atoms with Crippen molar-refractivity contribution in [1.82, 2.24) is 4.98 Å². The van der Waals surface area contributed by atoms with Gasteiger partial charge in [0.1, 0.15) is 0 Å². The number of rotatable bonds is 3. The summed E-state index contributed by atoms with van der Waals surface area (Å²) in [7, 11) is 0. The van der Waals surface area contributed by atoms with Crippen molar-refractivity contribution in [3.8, 4) is 0 Å². The molecule has 0 unspecified atom stereocenters. The average Bonchev–Trinajstić information content (AvgIpc) is 2.77. The number of aryl methyl sites for hydroxylation is 1. The van der Waals surface area contributed by atoms with E-state index >= 15 is 0 Å². The molecule has 0 aromatic carbocycles. The number of amides is 1. The minimum atomic E-state index is 0.0773. The zero-order valence-corrected chi connectivity index (χ0v) is 10.1. The highest BCUT2D eigenvalue weighted by atomic mass is 16.1. The van der Waals surface area contributed by atoms with Gasteiger partial charge in [-0.2, -0.15) is 0 Å². The third-order valence-electron chi connectivity index (χ3n) is 3.46. The number of carbonyl (C=O) groups is 1. The first-order chi connectivity index (χ1) is 8.20. The topological polar surface area (TPSA) is 68.0 Å². The predicted molar refractivity (Wildman–Crippen MR) is 67.5 cm³/mol. The first kappa shape index (κ1) is 12.0. The van der Waals surface area contributed by atoms with E-state index in [4.69, 9.17) is 5.73 Å². The van der Waals surface area contributed by atoms with E-state index in [2.05, 4.69) is 10.3 Å². The van der Waals surface area contributed by atoms with Crippen LogP contribution >= 0.6 is 0 Å². The van der Waals surface area contributed by atoms with Gasteiger partial charge in [0, 0.05) is 23.5 Å². The van der Waals surface area contributed by atoms with Crippen LogP contribution in [-0.4, -0.2) is 17.4 Å². The quantitative estimate of drug-likeness (QED) is 0.835. The van der Waals surface area contributed by atoms with Gasteiger partial charge in [0.25, 0.3) is 0 Å². The Labute approximate surface area is 102 Å². The van der Waals surface area contributed by atoms with Crippen molar-refractivity contribution in [3.63, 3.8) is 0 Å². The van der Waals surface area contributed by atoms with Crippen molar-refractivity contribution in [3.05, 3.63) is 24.0 Å². The molecule has 1 fully saturated rings. The highest BCUT2D eigenvalue weighted by Crippen LogP contribution is 2.31. The first-order valence-corrected chi connectivity index (χ1v) is 6.14. The largest absolute Gasteiger partial charge is 0.330 e. The van der Waals surface area contributed by atoms with Gasteiger partial charge in [-0.05, 0) is 44.4 Å². The summed E-state index contributed by atoms with van der Waals surface area (Å²) in [6.45, 7) is 2.52. The van der Waals surface area contributed by atoms with Crippen molar-refractivity contribution in [2.24, 2.45) is 17.6 Å². The molecule has 2 atom stereocenters. The fourth-order valence-corrected chi connectivity index (χ4v) is 2.52. The van der Waals surface area contributed by atoms with Gasteiger partial charge >= 0.3 is 0 Å². The maximum Gasteiger partial charge on any atom is 0.227 e. The summed E-state index contributed by atoms with van der Waals surface area (Å²) in [6, 6.07) is 3.70. The van der Waals surface area contributed by atoms with Crippen molar-refractivity contribution in [2.45, 2.75) is 26.2 Å². The van der Waals surface area contributed by atoms with Crippen LogP contribution in [0.1, 0.15) is 25.0 Å². The number of hydrogen-bond acceptors (Lipinski definition) is 3. The molecular weight excluding hydrogens is 214 g/mol. The number of carbonyl (C=O) groups excluding carboxylic acids is 1. The van der Waals surface area contributed by atoms with Gasteiger partial charge in [-0.15, -0.1) is 0 Å². The van der Waals surface area contributed by atoms with E-state index in [0.717, 1.165) is 30.6 Å². The van der Waals surface area contributed by atoms with Gasteiger partial charge < -0.3 is 11.1 Å². The van der Waals surface area contributed by atoms with Gasteiger partial charge in [-0.25, -0.2) is 0 Å². The highest BCUT2D eigenvalue weighted by molar-refractivity contribution is 5.92. The lowest BCUT2D eigenvalue weighted by atomic mass is 9.95. The molecule has 0 aliphatic heterocycles. The summed E-state index contributed by atoms with van der Waals surface area (Å²) in [5, 5.41) is 2.95. The molecule has 2 rings (SSSR count). The molecule has 1 saturated carbocycles. The molecule has 17 heavy (non-hydrogen) atoms. The highest BCUT2D eigenvalue weighted by Gasteiger charge is 2.31. The second-order valence-electron chi connectivity index (χ2n) is 4.71. The average molecular weight is 233 g/mol. The Bertz CT molecular complexity index is 405. The second-order valence-corrected chi connectivity index (χ2v) is 4.71. The minimum absolute atomic E-state index is 0.0773. The van der Waals surface area contributed by atoms with Gasteiger partial charge in [0.15, 0.2) is 0 Å². The molecule has 1 aromatic rings. The van der Waals surface area contributed by atoms with Crippen LogP contribution in [0, 0.1) is 18.8 Å². The van der Waals surface area contributed by atoms with Gasteiger partial charge in [0.2, 0.25) is 5.91 Å². The van der Waals surface area contributed by atoms with E-state index in [1.165, 1.54) is 0 Å². The normalized spacial score (nSPS) is 23.6. The lowest BCUT2D eigenvalue weighted by molar-refractivity contribution is -0.120. The summed E-state index contributed by atoms with van der Waals surface area (Å²) in [4.78, 5) is 16.2. The van der Waals surface area contributed by atoms with E-state index in [1.807, 2.05) is 19.1 Å². The van der Waals surface area contributed by atoms with Gasteiger partial charge in [-0.1, -0.05) is 6.42 Å². The molecule has 1 amide bonds. The molecule has 1 aliphatic carbocycles. The number of nitrogens with two attached hydrogens (primary N) is 1. The Kier molecular flexibility index (Phi) is 3.74. The smallest absolute Gasteiger partial charge is 0.227 e. The summed E-state index contributed by atoms with van der Waals surface area (Å²) >= 11 is 0. The molecule has 0 saturated heterocycles. The molecule has 3 N–H and O–H groups in total. The van der Waals surface area contributed by atoms with Crippen LogP contribution in [0.3, 0.4) is 0 Å². The van der Waals surface area contributed by atoms with E-state index in [1.54, 1.807) is 6.20 Å². The molecule has 4 heteroatoms. The van der Waals surface area contributed by atoms with Crippen molar-refractivity contribution in [1.29, 1.82) is 0 Å². The monoisotopic (exact) mass is 233 g/mol. The SMILES string of the molecule is Cc1cc(NC(=O)[C@@H]2CCC[C@@H]2CN)ccn1. The molecule has 0 bridgehead atoms. The molecule has 92 valence electrons. The number of anilines is 1. The summed E-state index contributed by atoms with van der Waals surface area (Å²) in [5.41, 5.74) is 7.42. The van der Waals surface area contributed by atoms with Crippen LogP contribution in [0.2, 0.25) is 0 Å². The second kappa shape index (κ2) is 5.27. The van der Waals surface area contributed by atoms with Gasteiger partial charge in [-0.3, -0.25) is 9.78 Å². The van der Waals surface area contributed by atoms with E-state index in [0.29, 0.717) is 12.5 Å². The standard InChI is InChI=1S/C13H19N3O/c1-9-7-11(5-6-15-9)16-13(17)12-4-2-3-10(12)8-14/h5-7,10,12H,2-4,8,14H2,1H3,(H,15,16,17)/t10-,12-/m1/s1.